The number of hydrogen-bond donors (Lipinski definition) is 0. The summed E-state index contributed by atoms with van der Waals surface area (Å²) in [5.41, 5.74) is 15.0. The molecule has 2 aliphatic heterocycles. The molecule has 0 N–H and O–H groups in total. The van der Waals surface area contributed by atoms with Crippen LogP contribution in [-0.4, -0.2) is 14.1 Å². The maximum atomic E-state index is 7.06. The van der Waals surface area contributed by atoms with Gasteiger partial charge >= 0.3 is 0 Å². The Kier molecular flexibility index (Phi) is 6.34. The van der Waals surface area contributed by atoms with Crippen molar-refractivity contribution in [3.63, 3.8) is 0 Å². The van der Waals surface area contributed by atoms with Gasteiger partial charge in [-0.1, -0.05) is 152 Å². The maximum Gasteiger partial charge on any atom is 0.133 e. The van der Waals surface area contributed by atoms with Gasteiger partial charge in [0.15, 0.2) is 0 Å². The Labute approximate surface area is 334 Å². The highest BCUT2D eigenvalue weighted by Gasteiger charge is 2.50. The molecule has 0 saturated carbocycles. The molecule has 4 nitrogen and oxygen atoms in total. The van der Waals surface area contributed by atoms with Crippen LogP contribution in [0.5, 0.6) is 11.5 Å². The summed E-state index contributed by atoms with van der Waals surface area (Å²) in [5, 5.41) is 4.81. The lowest BCUT2D eigenvalue weighted by Crippen LogP contribution is -2.37. The number of nitrogens with zero attached hydrogens (tertiary/aromatic N) is 3. The van der Waals surface area contributed by atoms with Gasteiger partial charge in [0.05, 0.1) is 50.2 Å². The first-order valence-electron chi connectivity index (χ1n) is 19.9. The number of ether oxygens (including phenoxy) is 1. The lowest BCUT2D eigenvalue weighted by atomic mass is 9.61. The van der Waals surface area contributed by atoms with Crippen LogP contribution in [0.1, 0.15) is 22.3 Å². The first-order chi connectivity index (χ1) is 28.8. The predicted molar refractivity (Wildman–Crippen MR) is 236 cm³/mol. The Balaban J connectivity index is 1.18. The van der Waals surface area contributed by atoms with Crippen molar-refractivity contribution in [1.82, 2.24) is 14.1 Å². The van der Waals surface area contributed by atoms with Gasteiger partial charge in [-0.05, 0) is 59.7 Å². The molecule has 0 fully saturated rings. The van der Waals surface area contributed by atoms with Crippen molar-refractivity contribution in [2.45, 2.75) is 5.41 Å². The largest absolute Gasteiger partial charge is 0.457 e. The maximum absolute atomic E-state index is 7.06. The molecular weight excluding hydrogens is 707 g/mol. The summed E-state index contributed by atoms with van der Waals surface area (Å²) in [4.78, 5) is 5.26. The fourth-order valence-electron chi connectivity index (χ4n) is 10.2. The fraction of sp³-hybridized carbons (Fsp3) is 0.0185. The monoisotopic (exact) mass is 739 g/mol. The summed E-state index contributed by atoms with van der Waals surface area (Å²) in [6.45, 7) is 0. The predicted octanol–water partition coefficient (Wildman–Crippen LogP) is 13.4. The molecule has 1 atom stereocenters. The van der Waals surface area contributed by atoms with E-state index in [2.05, 4.69) is 209 Å². The Morgan fingerprint density at radius 3 is 1.69 bits per heavy atom. The highest BCUT2D eigenvalue weighted by Crippen LogP contribution is 2.61. The van der Waals surface area contributed by atoms with Crippen LogP contribution in [0.4, 0.5) is 0 Å². The molecule has 0 radical (unpaired) electrons. The van der Waals surface area contributed by atoms with Gasteiger partial charge in [0, 0.05) is 43.8 Å². The van der Waals surface area contributed by atoms with Gasteiger partial charge in [-0.15, -0.1) is 0 Å². The van der Waals surface area contributed by atoms with Crippen LogP contribution in [0.2, 0.25) is 0 Å². The molecule has 5 heterocycles. The van der Waals surface area contributed by atoms with Crippen molar-refractivity contribution in [3.05, 3.63) is 222 Å². The average Bonchev–Trinajstić information content (AvgIpc) is 3.81. The molecule has 0 bridgehead atoms. The van der Waals surface area contributed by atoms with Crippen molar-refractivity contribution in [2.24, 2.45) is 0 Å². The number of para-hydroxylation sites is 5. The average molecular weight is 740 g/mol. The quantitative estimate of drug-likeness (QED) is 0.181. The summed E-state index contributed by atoms with van der Waals surface area (Å²) in [6, 6.07) is 72.3. The molecule has 0 aliphatic carbocycles. The van der Waals surface area contributed by atoms with E-state index < -0.39 is 5.41 Å². The molecule has 8 aromatic carbocycles. The summed E-state index contributed by atoms with van der Waals surface area (Å²) in [5.74, 6) is 1.75. The van der Waals surface area contributed by atoms with E-state index in [1.807, 2.05) is 0 Å². The van der Waals surface area contributed by atoms with Crippen LogP contribution in [0.3, 0.4) is 0 Å². The topological polar surface area (TPSA) is 32.0 Å². The first kappa shape index (κ1) is 31.5. The number of pyridine rings is 1. The number of benzene rings is 8. The van der Waals surface area contributed by atoms with E-state index in [1.165, 1.54) is 44.0 Å². The summed E-state index contributed by atoms with van der Waals surface area (Å²) in [6.07, 6.45) is 0. The lowest BCUT2D eigenvalue weighted by Gasteiger charge is -2.45. The summed E-state index contributed by atoms with van der Waals surface area (Å²) < 4.78 is 12.0. The third-order valence-corrected chi connectivity index (χ3v) is 12.5. The van der Waals surface area contributed by atoms with Gasteiger partial charge in [0.25, 0.3) is 0 Å². The molecule has 2 aliphatic rings. The minimum absolute atomic E-state index is 0.678. The second kappa shape index (κ2) is 11.7. The standard InChI is InChI=1S/C54H33N3O/c1-3-16-34(17-4-1)45-30-36(31-46(55-45)35-18-5-2-6-19-35)56-47-26-11-8-21-38(47)40-32-52-44(33-50(40)56)54(42-24-10-14-29-51(42)58-52)41-23-9-13-28-49(41)57-48-27-12-7-20-37(48)39-22-15-25-43(54)53(39)57/h1-33H. The second-order valence-corrected chi connectivity index (χ2v) is 15.5. The number of hydrogen-bond acceptors (Lipinski definition) is 2. The Morgan fingerprint density at radius 2 is 0.948 bits per heavy atom. The molecule has 1 unspecified atom stereocenters. The molecule has 11 aromatic rings. The smallest absolute Gasteiger partial charge is 0.133 e. The molecule has 3 aromatic heterocycles. The van der Waals surface area contributed by atoms with E-state index in [4.69, 9.17) is 9.72 Å². The Morgan fingerprint density at radius 1 is 0.379 bits per heavy atom. The molecule has 58 heavy (non-hydrogen) atoms. The molecule has 4 heteroatoms. The SMILES string of the molecule is c1ccc(-c2cc(-n3c4ccccc4c4cc5c(cc43)C3(c4ccccc4O5)c4ccccc4-n4c5ccccc5c5cccc3c54)cc(-c3ccccc3)n2)cc1. The number of fused-ring (bicyclic) bond motifs is 14. The van der Waals surface area contributed by atoms with E-state index in [1.54, 1.807) is 0 Å². The van der Waals surface area contributed by atoms with Crippen LogP contribution in [0.15, 0.2) is 200 Å². The van der Waals surface area contributed by atoms with Gasteiger partial charge in [-0.2, -0.15) is 0 Å². The summed E-state index contributed by atoms with van der Waals surface area (Å²) in [7, 11) is 0. The van der Waals surface area contributed by atoms with Gasteiger partial charge in [0.2, 0.25) is 0 Å². The molecule has 0 amide bonds. The third-order valence-electron chi connectivity index (χ3n) is 12.5. The van der Waals surface area contributed by atoms with Crippen molar-refractivity contribution in [2.75, 3.05) is 0 Å². The van der Waals surface area contributed by atoms with Crippen LogP contribution < -0.4 is 4.74 Å². The first-order valence-corrected chi connectivity index (χ1v) is 19.9. The zero-order valence-corrected chi connectivity index (χ0v) is 31.3. The molecule has 1 spiro atoms. The fourth-order valence-corrected chi connectivity index (χ4v) is 10.2. The third kappa shape index (κ3) is 4.10. The van der Waals surface area contributed by atoms with E-state index in [-0.39, 0.29) is 0 Å². The van der Waals surface area contributed by atoms with Crippen LogP contribution in [0, 0.1) is 0 Å². The van der Waals surface area contributed by atoms with Crippen molar-refractivity contribution in [3.8, 4) is 45.4 Å². The molecule has 270 valence electrons. The van der Waals surface area contributed by atoms with Crippen LogP contribution in [-0.2, 0) is 5.41 Å². The van der Waals surface area contributed by atoms with Gasteiger partial charge in [0.1, 0.15) is 11.5 Å². The van der Waals surface area contributed by atoms with E-state index in [0.717, 1.165) is 67.2 Å². The van der Waals surface area contributed by atoms with Crippen molar-refractivity contribution in [1.29, 1.82) is 0 Å². The van der Waals surface area contributed by atoms with E-state index >= 15 is 0 Å². The zero-order chi connectivity index (χ0) is 38.0. The van der Waals surface area contributed by atoms with Crippen LogP contribution >= 0.6 is 0 Å². The number of aromatic nitrogens is 3. The van der Waals surface area contributed by atoms with Crippen molar-refractivity contribution < 1.29 is 4.74 Å². The Hall–Kier alpha value is -7.69. The van der Waals surface area contributed by atoms with Crippen LogP contribution in [0.25, 0.3) is 77.5 Å². The minimum atomic E-state index is -0.678. The zero-order valence-electron chi connectivity index (χ0n) is 31.3. The molecular formula is C54H33N3O. The van der Waals surface area contributed by atoms with E-state index in [0.29, 0.717) is 0 Å². The second-order valence-electron chi connectivity index (χ2n) is 15.5. The minimum Gasteiger partial charge on any atom is -0.457 e. The normalized spacial score (nSPS) is 15.1. The van der Waals surface area contributed by atoms with Gasteiger partial charge in [-0.3, -0.25) is 0 Å². The Bertz CT molecular complexity index is 3430. The molecule has 0 saturated heterocycles. The highest BCUT2D eigenvalue weighted by atomic mass is 16.5. The molecule has 13 rings (SSSR count). The number of rotatable bonds is 3. The van der Waals surface area contributed by atoms with Crippen molar-refractivity contribution >= 4 is 43.6 Å². The lowest BCUT2D eigenvalue weighted by molar-refractivity contribution is 0.435. The highest BCUT2D eigenvalue weighted by molar-refractivity contribution is 6.13. The van der Waals surface area contributed by atoms with E-state index in [9.17, 15) is 0 Å². The van der Waals surface area contributed by atoms with Gasteiger partial charge < -0.3 is 13.9 Å². The van der Waals surface area contributed by atoms with Gasteiger partial charge in [-0.25, -0.2) is 4.98 Å². The summed E-state index contributed by atoms with van der Waals surface area (Å²) >= 11 is 0.